The number of halogens is 1. The highest BCUT2D eigenvalue weighted by molar-refractivity contribution is 9.09. The van der Waals surface area contributed by atoms with Crippen molar-refractivity contribution in [1.29, 1.82) is 0 Å². The van der Waals surface area contributed by atoms with Crippen molar-refractivity contribution < 1.29 is 0 Å². The van der Waals surface area contributed by atoms with Crippen LogP contribution in [0.15, 0.2) is 30.3 Å². The Balaban J connectivity index is 1.75. The molecule has 1 heterocycles. The summed E-state index contributed by atoms with van der Waals surface area (Å²) in [6.45, 7) is 6.18. The van der Waals surface area contributed by atoms with Crippen LogP contribution in [-0.2, 0) is 0 Å². The number of hydrogen-bond acceptors (Lipinski definition) is 1. The molecule has 0 radical (unpaired) electrons. The fourth-order valence-electron chi connectivity index (χ4n) is 2.77. The lowest BCUT2D eigenvalue weighted by Crippen LogP contribution is -2.23. The van der Waals surface area contributed by atoms with Crippen molar-refractivity contribution in [1.82, 2.24) is 4.90 Å². The standard InChI is InChI=1S/C16H24BrN/c1-14(7-10-17)8-11-18-12-9-16(13-18)15-5-3-2-4-6-15/h2-6,14,16H,7-13H2,1H3. The summed E-state index contributed by atoms with van der Waals surface area (Å²) < 4.78 is 0. The second-order valence-electron chi connectivity index (χ2n) is 5.57. The maximum absolute atomic E-state index is 3.53. The van der Waals surface area contributed by atoms with E-state index in [-0.39, 0.29) is 0 Å². The highest BCUT2D eigenvalue weighted by atomic mass is 79.9. The third-order valence-electron chi connectivity index (χ3n) is 4.08. The molecule has 0 aliphatic carbocycles. The fraction of sp³-hybridized carbons (Fsp3) is 0.625. The molecule has 1 saturated heterocycles. The second-order valence-corrected chi connectivity index (χ2v) is 6.36. The van der Waals surface area contributed by atoms with Crippen LogP contribution in [0, 0.1) is 5.92 Å². The predicted octanol–water partition coefficient (Wildman–Crippen LogP) is 4.29. The van der Waals surface area contributed by atoms with Crippen LogP contribution in [0.25, 0.3) is 0 Å². The van der Waals surface area contributed by atoms with Gasteiger partial charge in [0.1, 0.15) is 0 Å². The number of rotatable bonds is 6. The van der Waals surface area contributed by atoms with Crippen molar-refractivity contribution in [3.05, 3.63) is 35.9 Å². The van der Waals surface area contributed by atoms with Gasteiger partial charge in [0.2, 0.25) is 0 Å². The minimum atomic E-state index is 0.762. The number of likely N-dealkylation sites (tertiary alicyclic amines) is 1. The molecule has 2 atom stereocenters. The fourth-order valence-corrected chi connectivity index (χ4v) is 3.55. The van der Waals surface area contributed by atoms with Gasteiger partial charge in [0.25, 0.3) is 0 Å². The highest BCUT2D eigenvalue weighted by Crippen LogP contribution is 2.27. The van der Waals surface area contributed by atoms with Crippen molar-refractivity contribution in [2.75, 3.05) is 25.0 Å². The number of nitrogens with zero attached hydrogens (tertiary/aromatic N) is 1. The van der Waals surface area contributed by atoms with Crippen LogP contribution in [-0.4, -0.2) is 29.9 Å². The Morgan fingerprint density at radius 2 is 2.06 bits per heavy atom. The third-order valence-corrected chi connectivity index (χ3v) is 4.54. The molecule has 1 fully saturated rings. The first-order valence-electron chi connectivity index (χ1n) is 7.13. The lowest BCUT2D eigenvalue weighted by atomic mass is 9.99. The number of benzene rings is 1. The van der Waals surface area contributed by atoms with E-state index in [1.54, 1.807) is 0 Å². The maximum atomic E-state index is 3.53. The molecule has 0 spiro atoms. The average molecular weight is 310 g/mol. The highest BCUT2D eigenvalue weighted by Gasteiger charge is 2.23. The summed E-state index contributed by atoms with van der Waals surface area (Å²) in [6.07, 6.45) is 3.97. The molecule has 0 amide bonds. The molecule has 2 rings (SSSR count). The molecule has 1 aliphatic heterocycles. The van der Waals surface area contributed by atoms with E-state index in [1.165, 1.54) is 44.5 Å². The zero-order valence-corrected chi connectivity index (χ0v) is 12.9. The second kappa shape index (κ2) is 7.30. The summed E-state index contributed by atoms with van der Waals surface area (Å²) >= 11 is 3.53. The van der Waals surface area contributed by atoms with Crippen molar-refractivity contribution in [3.8, 4) is 0 Å². The Bertz CT molecular complexity index is 338. The van der Waals surface area contributed by atoms with E-state index < -0.39 is 0 Å². The maximum Gasteiger partial charge on any atom is 0.00507 e. The van der Waals surface area contributed by atoms with Crippen LogP contribution in [0.1, 0.15) is 37.7 Å². The van der Waals surface area contributed by atoms with E-state index in [2.05, 4.69) is 58.1 Å². The van der Waals surface area contributed by atoms with Crippen molar-refractivity contribution in [3.63, 3.8) is 0 Å². The van der Waals surface area contributed by atoms with E-state index in [9.17, 15) is 0 Å². The smallest absolute Gasteiger partial charge is 0.00507 e. The van der Waals surface area contributed by atoms with Gasteiger partial charge in [0.15, 0.2) is 0 Å². The first-order chi connectivity index (χ1) is 8.79. The van der Waals surface area contributed by atoms with Gasteiger partial charge in [0.05, 0.1) is 0 Å². The molecule has 0 aromatic heterocycles. The first-order valence-corrected chi connectivity index (χ1v) is 8.25. The molecule has 0 N–H and O–H groups in total. The minimum Gasteiger partial charge on any atom is -0.303 e. The predicted molar refractivity (Wildman–Crippen MR) is 82.4 cm³/mol. The van der Waals surface area contributed by atoms with E-state index in [4.69, 9.17) is 0 Å². The van der Waals surface area contributed by atoms with Gasteiger partial charge in [-0.05, 0) is 49.8 Å². The van der Waals surface area contributed by atoms with Gasteiger partial charge >= 0.3 is 0 Å². The molecule has 18 heavy (non-hydrogen) atoms. The molecule has 1 aliphatic rings. The van der Waals surface area contributed by atoms with Gasteiger partial charge in [-0.3, -0.25) is 0 Å². The number of hydrogen-bond donors (Lipinski definition) is 0. The van der Waals surface area contributed by atoms with E-state index in [1.807, 2.05) is 0 Å². The van der Waals surface area contributed by atoms with Crippen LogP contribution >= 0.6 is 15.9 Å². The first kappa shape index (κ1) is 14.1. The molecule has 2 heteroatoms. The SMILES string of the molecule is CC(CCBr)CCN1CCC(c2ccccc2)C1. The van der Waals surface area contributed by atoms with Gasteiger partial charge in [-0.25, -0.2) is 0 Å². The Hall–Kier alpha value is -0.340. The molecule has 100 valence electrons. The summed E-state index contributed by atoms with van der Waals surface area (Å²) in [5, 5.41) is 1.14. The molecule has 1 aromatic carbocycles. The summed E-state index contributed by atoms with van der Waals surface area (Å²) in [5.41, 5.74) is 1.52. The lowest BCUT2D eigenvalue weighted by molar-refractivity contribution is 0.303. The summed E-state index contributed by atoms with van der Waals surface area (Å²) in [5.74, 6) is 1.61. The Morgan fingerprint density at radius 1 is 1.28 bits per heavy atom. The molecule has 0 bridgehead atoms. The van der Waals surface area contributed by atoms with Crippen LogP contribution in [0.5, 0.6) is 0 Å². The van der Waals surface area contributed by atoms with Crippen LogP contribution in [0.4, 0.5) is 0 Å². The molecular formula is C16H24BrN. The van der Waals surface area contributed by atoms with Crippen LogP contribution in [0.3, 0.4) is 0 Å². The Kier molecular flexibility index (Phi) is 5.71. The van der Waals surface area contributed by atoms with Crippen molar-refractivity contribution >= 4 is 15.9 Å². The van der Waals surface area contributed by atoms with Gasteiger partial charge in [-0.2, -0.15) is 0 Å². The van der Waals surface area contributed by atoms with E-state index in [0.29, 0.717) is 0 Å². The Morgan fingerprint density at radius 3 is 2.78 bits per heavy atom. The molecule has 2 unspecified atom stereocenters. The molecule has 1 nitrogen and oxygen atoms in total. The van der Waals surface area contributed by atoms with E-state index >= 15 is 0 Å². The van der Waals surface area contributed by atoms with E-state index in [0.717, 1.165) is 17.2 Å². The number of alkyl halides is 1. The van der Waals surface area contributed by atoms with Crippen LogP contribution in [0.2, 0.25) is 0 Å². The van der Waals surface area contributed by atoms with Gasteiger partial charge in [0, 0.05) is 11.9 Å². The topological polar surface area (TPSA) is 3.24 Å². The average Bonchev–Trinajstić information content (AvgIpc) is 2.87. The quantitative estimate of drug-likeness (QED) is 0.709. The van der Waals surface area contributed by atoms with Gasteiger partial charge < -0.3 is 4.90 Å². The lowest BCUT2D eigenvalue weighted by Gasteiger charge is -2.18. The third kappa shape index (κ3) is 4.10. The summed E-state index contributed by atoms with van der Waals surface area (Å²) in [7, 11) is 0. The van der Waals surface area contributed by atoms with Gasteiger partial charge in [-0.15, -0.1) is 0 Å². The van der Waals surface area contributed by atoms with Gasteiger partial charge in [-0.1, -0.05) is 53.2 Å². The molecule has 1 aromatic rings. The summed E-state index contributed by atoms with van der Waals surface area (Å²) in [4.78, 5) is 2.64. The monoisotopic (exact) mass is 309 g/mol. The Labute approximate surface area is 120 Å². The van der Waals surface area contributed by atoms with Crippen LogP contribution < -0.4 is 0 Å². The minimum absolute atomic E-state index is 0.762. The zero-order chi connectivity index (χ0) is 12.8. The molecule has 0 saturated carbocycles. The summed E-state index contributed by atoms with van der Waals surface area (Å²) in [6, 6.07) is 11.0. The normalized spacial score (nSPS) is 22.2. The largest absolute Gasteiger partial charge is 0.303 e. The molecular weight excluding hydrogens is 286 g/mol. The zero-order valence-electron chi connectivity index (χ0n) is 11.3. The van der Waals surface area contributed by atoms with Crippen molar-refractivity contribution in [2.45, 2.75) is 32.1 Å². The van der Waals surface area contributed by atoms with Crippen molar-refractivity contribution in [2.24, 2.45) is 5.92 Å².